The number of sulfonamides is 1. The van der Waals surface area contributed by atoms with Crippen LogP contribution in [0.25, 0.3) is 0 Å². The van der Waals surface area contributed by atoms with Crippen molar-refractivity contribution in [2.24, 2.45) is 4.40 Å². The molecule has 1 amide bonds. The molecule has 2 aromatic rings. The van der Waals surface area contributed by atoms with Crippen LogP contribution in [-0.2, 0) is 10.0 Å². The molecule has 1 aliphatic rings. The molecule has 0 radical (unpaired) electrons. The number of benzene rings is 2. The molecule has 2 aromatic carbocycles. The zero-order valence-electron chi connectivity index (χ0n) is 19.5. The average molecular weight is 474 g/mol. The summed E-state index contributed by atoms with van der Waals surface area (Å²) in [5.74, 6) is 1.15. The maximum absolute atomic E-state index is 12.9. The summed E-state index contributed by atoms with van der Waals surface area (Å²) in [5, 5.41) is 2.75. The number of nitrogens with zero attached hydrogens (tertiary/aromatic N) is 2. The summed E-state index contributed by atoms with van der Waals surface area (Å²) in [5.41, 5.74) is 0.716. The highest BCUT2D eigenvalue weighted by Crippen LogP contribution is 2.29. The highest BCUT2D eigenvalue weighted by atomic mass is 32.2. The van der Waals surface area contributed by atoms with Crippen molar-refractivity contribution in [2.75, 3.05) is 26.0 Å². The van der Waals surface area contributed by atoms with Gasteiger partial charge in [0.25, 0.3) is 15.9 Å². The summed E-state index contributed by atoms with van der Waals surface area (Å²) in [6.45, 7) is 4.59. The van der Waals surface area contributed by atoms with E-state index >= 15 is 0 Å². The van der Waals surface area contributed by atoms with Gasteiger partial charge >= 0.3 is 0 Å². The van der Waals surface area contributed by atoms with E-state index in [1.54, 1.807) is 30.3 Å². The van der Waals surface area contributed by atoms with Gasteiger partial charge in [-0.3, -0.25) is 4.79 Å². The standard InChI is InChI=1S/C24H31N3O5S/c1-17(2)32-21-13-12-18(15-22(21)31-4)24(28)25-19-9-8-10-20(16-19)33(29,30)26-23-11-6-5-7-14-27(23)3/h8-10,12-13,15-17H,5-7,11,14H2,1-4H3,(H,25,28). The summed E-state index contributed by atoms with van der Waals surface area (Å²) >= 11 is 0. The molecule has 1 N–H and O–H groups in total. The van der Waals surface area contributed by atoms with Gasteiger partial charge in [-0.2, -0.15) is 8.42 Å². The summed E-state index contributed by atoms with van der Waals surface area (Å²) < 4.78 is 40.9. The zero-order chi connectivity index (χ0) is 24.0. The van der Waals surface area contributed by atoms with Crippen LogP contribution in [0.15, 0.2) is 51.8 Å². The maximum Gasteiger partial charge on any atom is 0.284 e. The molecule has 1 heterocycles. The lowest BCUT2D eigenvalue weighted by molar-refractivity contribution is 0.102. The van der Waals surface area contributed by atoms with Gasteiger partial charge in [0.15, 0.2) is 11.5 Å². The molecule has 8 nitrogen and oxygen atoms in total. The summed E-state index contributed by atoms with van der Waals surface area (Å²) in [6, 6.07) is 11.0. The van der Waals surface area contributed by atoms with E-state index in [0.29, 0.717) is 35.0 Å². The fraction of sp³-hybridized carbons (Fsp3) is 0.417. The minimum absolute atomic E-state index is 0.0312. The van der Waals surface area contributed by atoms with Crippen molar-refractivity contribution in [1.82, 2.24) is 4.90 Å². The van der Waals surface area contributed by atoms with Gasteiger partial charge in [0.1, 0.15) is 5.84 Å². The molecule has 9 heteroatoms. The molecule has 0 saturated carbocycles. The Labute approximate surface area is 195 Å². The van der Waals surface area contributed by atoms with Gasteiger partial charge in [-0.15, -0.1) is 4.40 Å². The Hall–Kier alpha value is -3.07. The number of rotatable bonds is 7. The molecule has 0 aromatic heterocycles. The van der Waals surface area contributed by atoms with Gasteiger partial charge in [-0.05, 0) is 63.1 Å². The van der Waals surface area contributed by atoms with Crippen LogP contribution < -0.4 is 14.8 Å². The first-order valence-electron chi connectivity index (χ1n) is 11.0. The minimum atomic E-state index is -3.90. The molecule has 1 saturated heterocycles. The second kappa shape index (κ2) is 10.7. The van der Waals surface area contributed by atoms with E-state index in [9.17, 15) is 13.2 Å². The second-order valence-corrected chi connectivity index (χ2v) is 9.83. The fourth-order valence-electron chi connectivity index (χ4n) is 3.53. The largest absolute Gasteiger partial charge is 0.493 e. The van der Waals surface area contributed by atoms with Crippen molar-refractivity contribution in [3.8, 4) is 11.5 Å². The van der Waals surface area contributed by atoms with Crippen LogP contribution in [0.5, 0.6) is 11.5 Å². The SMILES string of the molecule is COc1cc(C(=O)Nc2cccc(S(=O)(=O)N=C3CCCCCN3C)c2)ccc1OC(C)C. The first-order chi connectivity index (χ1) is 15.7. The van der Waals surface area contributed by atoms with Crippen LogP contribution in [0.2, 0.25) is 0 Å². The Balaban J connectivity index is 1.80. The van der Waals surface area contributed by atoms with Gasteiger partial charge < -0.3 is 19.7 Å². The van der Waals surface area contributed by atoms with Crippen LogP contribution in [0.3, 0.4) is 0 Å². The number of amides is 1. The average Bonchev–Trinajstić information content (AvgIpc) is 2.97. The maximum atomic E-state index is 12.9. The van der Waals surface area contributed by atoms with E-state index in [4.69, 9.17) is 9.47 Å². The van der Waals surface area contributed by atoms with E-state index in [2.05, 4.69) is 9.71 Å². The first kappa shape index (κ1) is 24.6. The van der Waals surface area contributed by atoms with Gasteiger partial charge in [-0.1, -0.05) is 12.5 Å². The lowest BCUT2D eigenvalue weighted by Crippen LogP contribution is -2.26. The number of carbonyl (C=O) groups excluding carboxylic acids is 1. The zero-order valence-corrected chi connectivity index (χ0v) is 20.3. The van der Waals surface area contributed by atoms with E-state index in [-0.39, 0.29) is 11.0 Å². The molecular weight excluding hydrogens is 442 g/mol. The molecular formula is C24H31N3O5S. The van der Waals surface area contributed by atoms with Crippen LogP contribution in [0.1, 0.15) is 49.9 Å². The topological polar surface area (TPSA) is 97.3 Å². The summed E-state index contributed by atoms with van der Waals surface area (Å²) in [4.78, 5) is 14.7. The van der Waals surface area contributed by atoms with Gasteiger partial charge in [0, 0.05) is 31.3 Å². The summed E-state index contributed by atoms with van der Waals surface area (Å²) in [7, 11) is -0.532. The van der Waals surface area contributed by atoms with Crippen LogP contribution in [0.4, 0.5) is 5.69 Å². The lowest BCUT2D eigenvalue weighted by atomic mass is 10.1. The predicted octanol–water partition coefficient (Wildman–Crippen LogP) is 4.33. The normalized spacial score (nSPS) is 15.9. The molecule has 0 atom stereocenters. The first-order valence-corrected chi connectivity index (χ1v) is 12.4. The molecule has 1 aliphatic heterocycles. The van der Waals surface area contributed by atoms with Crippen molar-refractivity contribution < 1.29 is 22.7 Å². The van der Waals surface area contributed by atoms with Crippen molar-refractivity contribution in [3.63, 3.8) is 0 Å². The highest BCUT2D eigenvalue weighted by Gasteiger charge is 2.19. The smallest absolute Gasteiger partial charge is 0.284 e. The van der Waals surface area contributed by atoms with Crippen molar-refractivity contribution in [3.05, 3.63) is 48.0 Å². The molecule has 178 valence electrons. The third kappa shape index (κ3) is 6.47. The Kier molecular flexibility index (Phi) is 7.97. The number of hydrogen-bond acceptors (Lipinski definition) is 5. The van der Waals surface area contributed by atoms with Gasteiger partial charge in [-0.25, -0.2) is 0 Å². The minimum Gasteiger partial charge on any atom is -0.493 e. The molecule has 1 fully saturated rings. The van der Waals surface area contributed by atoms with Crippen molar-refractivity contribution in [1.29, 1.82) is 0 Å². The number of hydrogen-bond donors (Lipinski definition) is 1. The van der Waals surface area contributed by atoms with Crippen LogP contribution in [0, 0.1) is 0 Å². The number of carbonyl (C=O) groups is 1. The molecule has 0 unspecified atom stereocenters. The number of anilines is 1. The lowest BCUT2D eigenvalue weighted by Gasteiger charge is -2.17. The molecule has 0 bridgehead atoms. The van der Waals surface area contributed by atoms with Crippen molar-refractivity contribution in [2.45, 2.75) is 50.5 Å². The monoisotopic (exact) mass is 473 g/mol. The Morgan fingerprint density at radius 1 is 1.09 bits per heavy atom. The number of ether oxygens (including phenoxy) is 2. The van der Waals surface area contributed by atoms with Gasteiger partial charge in [0.2, 0.25) is 0 Å². The van der Waals surface area contributed by atoms with Crippen LogP contribution in [-0.4, -0.2) is 51.9 Å². The molecule has 33 heavy (non-hydrogen) atoms. The van der Waals surface area contributed by atoms with Gasteiger partial charge in [0.05, 0.1) is 18.1 Å². The molecule has 0 aliphatic carbocycles. The predicted molar refractivity (Wildman–Crippen MR) is 129 cm³/mol. The fourth-order valence-corrected chi connectivity index (χ4v) is 4.67. The quantitative estimate of drug-likeness (QED) is 0.643. The number of nitrogens with one attached hydrogen (secondary N) is 1. The number of amidine groups is 1. The molecule has 3 rings (SSSR count). The summed E-state index contributed by atoms with van der Waals surface area (Å²) in [6.07, 6.45) is 3.58. The van der Waals surface area contributed by atoms with Crippen molar-refractivity contribution >= 4 is 27.5 Å². The van der Waals surface area contributed by atoms with Crippen LogP contribution >= 0.6 is 0 Å². The Morgan fingerprint density at radius 2 is 1.88 bits per heavy atom. The third-order valence-corrected chi connectivity index (χ3v) is 6.54. The number of likely N-dealkylation sites (tertiary alicyclic amines) is 1. The van der Waals surface area contributed by atoms with E-state index in [1.165, 1.54) is 19.2 Å². The van der Waals surface area contributed by atoms with E-state index in [0.717, 1.165) is 25.8 Å². The number of methoxy groups -OCH3 is 1. The third-order valence-electron chi connectivity index (χ3n) is 5.24. The molecule has 0 spiro atoms. The Bertz CT molecular complexity index is 1130. The highest BCUT2D eigenvalue weighted by molar-refractivity contribution is 7.90. The Morgan fingerprint density at radius 3 is 2.61 bits per heavy atom. The second-order valence-electron chi connectivity index (χ2n) is 8.23. The van der Waals surface area contributed by atoms with E-state index in [1.807, 2.05) is 25.8 Å². The van der Waals surface area contributed by atoms with E-state index < -0.39 is 15.9 Å².